The third kappa shape index (κ3) is 4.90. The van der Waals surface area contributed by atoms with Crippen molar-refractivity contribution < 1.29 is 14.3 Å². The fourth-order valence-corrected chi connectivity index (χ4v) is 4.02. The highest BCUT2D eigenvalue weighted by Gasteiger charge is 2.26. The van der Waals surface area contributed by atoms with Crippen LogP contribution in [0, 0.1) is 0 Å². The van der Waals surface area contributed by atoms with Crippen LogP contribution in [0.15, 0.2) is 48.5 Å². The second-order valence-electron chi connectivity index (χ2n) is 8.41. The number of hydrogen-bond donors (Lipinski definition) is 1. The Labute approximate surface area is 183 Å². The van der Waals surface area contributed by atoms with E-state index in [0.29, 0.717) is 25.7 Å². The molecular weight excluding hydrogens is 390 g/mol. The molecule has 1 amide bonds. The van der Waals surface area contributed by atoms with Crippen LogP contribution < -0.4 is 10.1 Å². The average molecular weight is 422 g/mol. The molecule has 1 aliphatic heterocycles. The van der Waals surface area contributed by atoms with Crippen molar-refractivity contribution in [2.45, 2.75) is 58.2 Å². The number of nitrogens with one attached hydrogen (secondary N) is 1. The first-order chi connectivity index (χ1) is 15.0. The number of benzene rings is 2. The number of para-hydroxylation sites is 2. The molecule has 4 rings (SSSR count). The molecular formula is C25H31N3O3. The molecule has 164 valence electrons. The topological polar surface area (TPSA) is 65.4 Å². The summed E-state index contributed by atoms with van der Waals surface area (Å²) < 4.78 is 13.7. The van der Waals surface area contributed by atoms with E-state index >= 15 is 0 Å². The summed E-state index contributed by atoms with van der Waals surface area (Å²) in [5.41, 5.74) is 3.25. The molecule has 0 aliphatic carbocycles. The molecule has 0 radical (unpaired) electrons. The van der Waals surface area contributed by atoms with E-state index in [0.717, 1.165) is 35.4 Å². The summed E-state index contributed by atoms with van der Waals surface area (Å²) in [5.74, 6) is 2.12. The molecule has 1 fully saturated rings. The Hall–Kier alpha value is -2.86. The number of hydrogen-bond acceptors (Lipinski definition) is 4. The van der Waals surface area contributed by atoms with Gasteiger partial charge in [-0.05, 0) is 55.5 Å². The normalized spacial score (nSPS) is 17.2. The fourth-order valence-electron chi connectivity index (χ4n) is 4.02. The van der Waals surface area contributed by atoms with Gasteiger partial charge in [-0.25, -0.2) is 4.98 Å². The Morgan fingerprint density at radius 1 is 1.19 bits per heavy atom. The van der Waals surface area contributed by atoms with Crippen LogP contribution in [0.2, 0.25) is 0 Å². The maximum Gasteiger partial charge on any atom is 0.249 e. The Morgan fingerprint density at radius 2 is 1.97 bits per heavy atom. The van der Waals surface area contributed by atoms with Gasteiger partial charge >= 0.3 is 0 Å². The van der Waals surface area contributed by atoms with E-state index in [1.165, 1.54) is 5.56 Å². The molecule has 0 saturated carbocycles. The minimum absolute atomic E-state index is 0.0647. The number of nitrogens with zero attached hydrogens (tertiary/aromatic N) is 2. The predicted octanol–water partition coefficient (Wildman–Crippen LogP) is 4.59. The molecule has 3 aromatic rings. The summed E-state index contributed by atoms with van der Waals surface area (Å²) in [7, 11) is 0. The summed E-state index contributed by atoms with van der Waals surface area (Å²) in [6.07, 6.45) is 1.36. The van der Waals surface area contributed by atoms with Crippen LogP contribution in [0.4, 0.5) is 0 Å². The highest BCUT2D eigenvalue weighted by molar-refractivity contribution is 5.81. The number of rotatable bonds is 8. The zero-order chi connectivity index (χ0) is 21.8. The van der Waals surface area contributed by atoms with Crippen molar-refractivity contribution in [2.75, 3.05) is 13.2 Å². The van der Waals surface area contributed by atoms with Crippen molar-refractivity contribution in [1.82, 2.24) is 14.9 Å². The van der Waals surface area contributed by atoms with Gasteiger partial charge < -0.3 is 19.4 Å². The Morgan fingerprint density at radius 3 is 2.68 bits per heavy atom. The van der Waals surface area contributed by atoms with Gasteiger partial charge in [0.25, 0.3) is 0 Å². The van der Waals surface area contributed by atoms with Crippen molar-refractivity contribution in [3.8, 4) is 5.75 Å². The van der Waals surface area contributed by atoms with Crippen LogP contribution >= 0.6 is 0 Å². The van der Waals surface area contributed by atoms with Crippen molar-refractivity contribution in [1.29, 1.82) is 0 Å². The van der Waals surface area contributed by atoms with Crippen LogP contribution in [0.25, 0.3) is 11.0 Å². The smallest absolute Gasteiger partial charge is 0.249 e. The standard InChI is InChI=1S/C25H31N3O3/c1-17(2)19-10-12-20(13-11-19)30-16-14-28-22-8-5-4-7-21(22)27-24(28)18(3)26-25(29)23-9-6-15-31-23/h4-5,7-8,10-13,17-18,23H,6,9,14-16H2,1-3H3,(H,26,29). The first-order valence-electron chi connectivity index (χ1n) is 11.1. The van der Waals surface area contributed by atoms with Crippen LogP contribution in [0.1, 0.15) is 57.0 Å². The zero-order valence-electron chi connectivity index (χ0n) is 18.5. The molecule has 2 aromatic carbocycles. The fraction of sp³-hybridized carbons (Fsp3) is 0.440. The van der Waals surface area contributed by atoms with E-state index < -0.39 is 0 Å². The van der Waals surface area contributed by atoms with Gasteiger partial charge in [-0.15, -0.1) is 0 Å². The molecule has 6 heteroatoms. The summed E-state index contributed by atoms with van der Waals surface area (Å²) in [6.45, 7) is 8.14. The summed E-state index contributed by atoms with van der Waals surface area (Å²) >= 11 is 0. The summed E-state index contributed by atoms with van der Waals surface area (Å²) in [4.78, 5) is 17.3. The highest BCUT2D eigenvalue weighted by Crippen LogP contribution is 2.23. The summed E-state index contributed by atoms with van der Waals surface area (Å²) in [5, 5.41) is 3.08. The average Bonchev–Trinajstić information content (AvgIpc) is 3.43. The second-order valence-corrected chi connectivity index (χ2v) is 8.41. The molecule has 1 N–H and O–H groups in total. The van der Waals surface area contributed by atoms with Crippen molar-refractivity contribution in [3.05, 3.63) is 59.9 Å². The minimum Gasteiger partial charge on any atom is -0.492 e. The number of amides is 1. The number of aromatic nitrogens is 2. The second kappa shape index (κ2) is 9.52. The largest absolute Gasteiger partial charge is 0.492 e. The molecule has 0 bridgehead atoms. The third-order valence-corrected chi connectivity index (χ3v) is 5.78. The first kappa shape index (κ1) is 21.4. The molecule has 1 saturated heterocycles. The van der Waals surface area contributed by atoms with Gasteiger partial charge in [-0.1, -0.05) is 38.1 Å². The van der Waals surface area contributed by atoms with E-state index in [2.05, 4.69) is 41.9 Å². The highest BCUT2D eigenvalue weighted by atomic mass is 16.5. The van der Waals surface area contributed by atoms with Gasteiger partial charge in [0.2, 0.25) is 5.91 Å². The molecule has 6 nitrogen and oxygen atoms in total. The lowest BCUT2D eigenvalue weighted by Gasteiger charge is -2.18. The minimum atomic E-state index is -0.350. The third-order valence-electron chi connectivity index (χ3n) is 5.78. The Bertz CT molecular complexity index is 1020. The molecule has 2 atom stereocenters. The monoisotopic (exact) mass is 421 g/mol. The van der Waals surface area contributed by atoms with Gasteiger partial charge in [0.05, 0.1) is 23.6 Å². The lowest BCUT2D eigenvalue weighted by Crippen LogP contribution is -2.36. The van der Waals surface area contributed by atoms with Gasteiger partial charge in [0.15, 0.2) is 0 Å². The zero-order valence-corrected chi connectivity index (χ0v) is 18.5. The van der Waals surface area contributed by atoms with Gasteiger partial charge in [0.1, 0.15) is 24.3 Å². The Balaban J connectivity index is 1.47. The van der Waals surface area contributed by atoms with Crippen molar-refractivity contribution in [3.63, 3.8) is 0 Å². The van der Waals surface area contributed by atoms with E-state index in [-0.39, 0.29) is 18.1 Å². The van der Waals surface area contributed by atoms with E-state index in [9.17, 15) is 4.79 Å². The van der Waals surface area contributed by atoms with Crippen LogP contribution in [-0.2, 0) is 16.1 Å². The van der Waals surface area contributed by atoms with Crippen LogP contribution in [0.5, 0.6) is 5.75 Å². The van der Waals surface area contributed by atoms with E-state index in [1.54, 1.807) is 0 Å². The molecule has 0 spiro atoms. The molecule has 31 heavy (non-hydrogen) atoms. The first-order valence-corrected chi connectivity index (χ1v) is 11.1. The number of carbonyl (C=O) groups is 1. The lowest BCUT2D eigenvalue weighted by atomic mass is 10.0. The van der Waals surface area contributed by atoms with E-state index in [1.807, 2.05) is 37.3 Å². The van der Waals surface area contributed by atoms with Crippen LogP contribution in [-0.4, -0.2) is 34.8 Å². The number of imidazole rings is 1. The van der Waals surface area contributed by atoms with Crippen molar-refractivity contribution >= 4 is 16.9 Å². The number of fused-ring (bicyclic) bond motifs is 1. The molecule has 1 aromatic heterocycles. The summed E-state index contributed by atoms with van der Waals surface area (Å²) in [6, 6.07) is 16.1. The quantitative estimate of drug-likeness (QED) is 0.578. The van der Waals surface area contributed by atoms with Crippen molar-refractivity contribution in [2.24, 2.45) is 0 Å². The molecule has 1 aliphatic rings. The van der Waals surface area contributed by atoms with Crippen LogP contribution in [0.3, 0.4) is 0 Å². The predicted molar refractivity (Wildman–Crippen MR) is 121 cm³/mol. The van der Waals surface area contributed by atoms with Gasteiger partial charge in [-0.2, -0.15) is 0 Å². The number of ether oxygens (including phenoxy) is 2. The maximum atomic E-state index is 12.5. The SMILES string of the molecule is CC(C)c1ccc(OCCn2c(C(C)NC(=O)C3CCCO3)nc3ccccc32)cc1. The number of carbonyl (C=O) groups excluding carboxylic acids is 1. The maximum absolute atomic E-state index is 12.5. The van der Waals surface area contributed by atoms with Gasteiger partial charge in [-0.3, -0.25) is 4.79 Å². The molecule has 2 unspecified atom stereocenters. The van der Waals surface area contributed by atoms with Gasteiger partial charge in [0, 0.05) is 6.61 Å². The molecule has 2 heterocycles. The lowest BCUT2D eigenvalue weighted by molar-refractivity contribution is -0.130. The Kier molecular flexibility index (Phi) is 6.56. The van der Waals surface area contributed by atoms with E-state index in [4.69, 9.17) is 14.5 Å².